The molecule has 2 aromatic carbocycles. The highest BCUT2D eigenvalue weighted by Gasteiger charge is 2.09. The van der Waals surface area contributed by atoms with Crippen LogP contribution >= 0.6 is 12.2 Å². The molecule has 0 atom stereocenters. The normalized spacial score (nSPS) is 10.9. The molecule has 1 heterocycles. The topological polar surface area (TPSA) is 102 Å². The summed E-state index contributed by atoms with van der Waals surface area (Å²) in [6.45, 7) is -0.437. The largest absolute Gasteiger partial charge is 0.497 e. The molecule has 0 saturated carbocycles. The molecule has 138 valence electrons. The summed E-state index contributed by atoms with van der Waals surface area (Å²) in [7, 11) is 1.60. The van der Waals surface area contributed by atoms with Crippen LogP contribution in [-0.2, 0) is 4.79 Å². The smallest absolute Gasteiger partial charge is 0.341 e. The number of aromatic nitrogens is 3. The van der Waals surface area contributed by atoms with E-state index in [2.05, 4.69) is 15.3 Å². The quantitative estimate of drug-likeness (QED) is 0.480. The summed E-state index contributed by atoms with van der Waals surface area (Å²) in [5.74, 6) is 0.612. The molecule has 0 radical (unpaired) electrons. The number of nitrogens with zero attached hydrogens (tertiary/aromatic N) is 3. The Balaban J connectivity index is 1.91. The third-order valence-electron chi connectivity index (χ3n) is 3.58. The Bertz CT molecular complexity index is 1020. The summed E-state index contributed by atoms with van der Waals surface area (Å²) in [6, 6.07) is 14.3. The van der Waals surface area contributed by atoms with Gasteiger partial charge in [0.2, 0.25) is 4.77 Å². The maximum Gasteiger partial charge on any atom is 0.341 e. The van der Waals surface area contributed by atoms with E-state index in [0.717, 1.165) is 11.3 Å². The van der Waals surface area contributed by atoms with E-state index < -0.39 is 12.6 Å². The Labute approximate surface area is 159 Å². The Hall–Kier alpha value is -3.46. The van der Waals surface area contributed by atoms with Crippen LogP contribution in [0.15, 0.2) is 53.6 Å². The number of benzene rings is 2. The van der Waals surface area contributed by atoms with Gasteiger partial charge < -0.3 is 14.6 Å². The van der Waals surface area contributed by atoms with Crippen molar-refractivity contribution >= 4 is 24.4 Å². The summed E-state index contributed by atoms with van der Waals surface area (Å²) < 4.78 is 12.2. The second-order valence-corrected chi connectivity index (χ2v) is 5.74. The van der Waals surface area contributed by atoms with Crippen LogP contribution in [-0.4, -0.2) is 45.9 Å². The highest BCUT2D eigenvalue weighted by atomic mass is 32.1. The molecule has 3 aromatic rings. The number of aliphatic carboxylic acids is 1. The van der Waals surface area contributed by atoms with Gasteiger partial charge in [-0.1, -0.05) is 12.1 Å². The number of aromatic amines is 1. The first kappa shape index (κ1) is 18.3. The maximum atomic E-state index is 10.7. The molecule has 27 heavy (non-hydrogen) atoms. The lowest BCUT2D eigenvalue weighted by Crippen LogP contribution is -2.10. The van der Waals surface area contributed by atoms with Crippen molar-refractivity contribution in [1.82, 2.24) is 14.9 Å². The number of methoxy groups -OCH3 is 1. The summed E-state index contributed by atoms with van der Waals surface area (Å²) in [5.41, 5.74) is 1.42. The van der Waals surface area contributed by atoms with Crippen LogP contribution in [0, 0.1) is 4.77 Å². The first-order chi connectivity index (χ1) is 13.1. The molecule has 2 N–H and O–H groups in total. The summed E-state index contributed by atoms with van der Waals surface area (Å²) in [5, 5.41) is 20.1. The van der Waals surface area contributed by atoms with Crippen molar-refractivity contribution < 1.29 is 19.4 Å². The predicted molar refractivity (Wildman–Crippen MR) is 102 cm³/mol. The van der Waals surface area contributed by atoms with Crippen LogP contribution in [0.1, 0.15) is 5.56 Å². The van der Waals surface area contributed by atoms with Crippen molar-refractivity contribution in [2.75, 3.05) is 13.7 Å². The van der Waals surface area contributed by atoms with Gasteiger partial charge in [0, 0.05) is 11.1 Å². The zero-order valence-corrected chi connectivity index (χ0v) is 15.1. The van der Waals surface area contributed by atoms with E-state index in [1.165, 1.54) is 10.9 Å². The number of para-hydroxylation sites is 1. The molecule has 0 spiro atoms. The number of carboxylic acid groups (broad SMARTS) is 1. The minimum atomic E-state index is -1.06. The average molecular weight is 384 g/mol. The molecule has 0 bridgehead atoms. The highest BCUT2D eigenvalue weighted by molar-refractivity contribution is 7.71. The Morgan fingerprint density at radius 1 is 1.30 bits per heavy atom. The zero-order chi connectivity index (χ0) is 19.2. The number of hydrogen-bond acceptors (Lipinski definition) is 6. The molecule has 0 amide bonds. The number of hydrogen-bond donors (Lipinski definition) is 2. The van der Waals surface area contributed by atoms with Gasteiger partial charge in [0.05, 0.1) is 13.3 Å². The van der Waals surface area contributed by atoms with Gasteiger partial charge in [0.1, 0.15) is 11.5 Å². The van der Waals surface area contributed by atoms with Gasteiger partial charge >= 0.3 is 5.97 Å². The molecule has 3 rings (SSSR count). The number of nitrogens with one attached hydrogen (secondary N) is 1. The molecule has 0 fully saturated rings. The number of H-pyrrole nitrogens is 1. The fraction of sp³-hybridized carbons (Fsp3) is 0.111. The zero-order valence-electron chi connectivity index (χ0n) is 14.3. The summed E-state index contributed by atoms with van der Waals surface area (Å²) in [4.78, 5) is 10.7. The fourth-order valence-electron chi connectivity index (χ4n) is 2.30. The van der Waals surface area contributed by atoms with Crippen molar-refractivity contribution in [2.45, 2.75) is 0 Å². The van der Waals surface area contributed by atoms with E-state index in [1.807, 2.05) is 24.3 Å². The van der Waals surface area contributed by atoms with E-state index in [1.54, 1.807) is 31.4 Å². The SMILES string of the molecule is COc1ccc(-c2n[nH]c(=S)n2/N=C\c2ccccc2OCC(=O)O)cc1. The van der Waals surface area contributed by atoms with Gasteiger partial charge in [0.15, 0.2) is 12.4 Å². The van der Waals surface area contributed by atoms with Crippen LogP contribution in [0.2, 0.25) is 0 Å². The van der Waals surface area contributed by atoms with Crippen LogP contribution in [0.3, 0.4) is 0 Å². The molecule has 0 saturated heterocycles. The van der Waals surface area contributed by atoms with Crippen molar-refractivity contribution in [1.29, 1.82) is 0 Å². The van der Waals surface area contributed by atoms with Gasteiger partial charge in [-0.2, -0.15) is 14.9 Å². The van der Waals surface area contributed by atoms with E-state index in [0.29, 0.717) is 21.9 Å². The predicted octanol–water partition coefficient (Wildman–Crippen LogP) is 2.96. The summed E-state index contributed by atoms with van der Waals surface area (Å²) in [6.07, 6.45) is 1.54. The number of ether oxygens (including phenoxy) is 2. The van der Waals surface area contributed by atoms with Gasteiger partial charge in [-0.25, -0.2) is 9.89 Å². The van der Waals surface area contributed by atoms with Crippen molar-refractivity contribution in [3.8, 4) is 22.9 Å². The summed E-state index contributed by atoms with van der Waals surface area (Å²) >= 11 is 5.25. The third kappa shape index (κ3) is 4.39. The number of rotatable bonds is 7. The van der Waals surface area contributed by atoms with Gasteiger partial charge in [-0.15, -0.1) is 0 Å². The average Bonchev–Trinajstić information content (AvgIpc) is 3.05. The molecule has 0 unspecified atom stereocenters. The van der Waals surface area contributed by atoms with Crippen molar-refractivity contribution in [3.63, 3.8) is 0 Å². The first-order valence-electron chi connectivity index (χ1n) is 7.88. The van der Waals surface area contributed by atoms with E-state index in [9.17, 15) is 4.79 Å². The monoisotopic (exact) mass is 384 g/mol. The van der Waals surface area contributed by atoms with E-state index in [4.69, 9.17) is 26.8 Å². The van der Waals surface area contributed by atoms with Crippen LogP contribution in [0.4, 0.5) is 0 Å². The van der Waals surface area contributed by atoms with Gasteiger partial charge in [0.25, 0.3) is 0 Å². The minimum absolute atomic E-state index is 0.320. The van der Waals surface area contributed by atoms with Crippen LogP contribution in [0.25, 0.3) is 11.4 Å². The molecule has 9 heteroatoms. The standard InChI is InChI=1S/C18H16N4O4S/c1-25-14-8-6-12(7-9-14)17-20-21-18(27)22(17)19-10-13-4-2-3-5-15(13)26-11-16(23)24/h2-10H,11H2,1H3,(H,21,27)(H,23,24)/b19-10-. The Morgan fingerprint density at radius 3 is 2.74 bits per heavy atom. The van der Waals surface area contributed by atoms with Gasteiger partial charge in [-0.3, -0.25) is 0 Å². The maximum absolute atomic E-state index is 10.7. The lowest BCUT2D eigenvalue weighted by atomic mass is 10.2. The van der Waals surface area contributed by atoms with Crippen LogP contribution < -0.4 is 9.47 Å². The van der Waals surface area contributed by atoms with E-state index >= 15 is 0 Å². The molecular weight excluding hydrogens is 368 g/mol. The lowest BCUT2D eigenvalue weighted by molar-refractivity contribution is -0.139. The first-order valence-corrected chi connectivity index (χ1v) is 8.29. The van der Waals surface area contributed by atoms with Crippen molar-refractivity contribution in [2.24, 2.45) is 5.10 Å². The molecule has 0 aliphatic heterocycles. The molecule has 8 nitrogen and oxygen atoms in total. The fourth-order valence-corrected chi connectivity index (χ4v) is 2.48. The van der Waals surface area contributed by atoms with Crippen LogP contribution in [0.5, 0.6) is 11.5 Å². The third-order valence-corrected chi connectivity index (χ3v) is 3.85. The molecule has 1 aromatic heterocycles. The van der Waals surface area contributed by atoms with Gasteiger partial charge in [-0.05, 0) is 48.6 Å². The molecule has 0 aliphatic carbocycles. The second kappa shape index (κ2) is 8.28. The van der Waals surface area contributed by atoms with Crippen molar-refractivity contribution in [3.05, 3.63) is 58.9 Å². The number of carbonyl (C=O) groups is 1. The highest BCUT2D eigenvalue weighted by Crippen LogP contribution is 2.21. The minimum Gasteiger partial charge on any atom is -0.497 e. The molecule has 0 aliphatic rings. The Kier molecular flexibility index (Phi) is 5.62. The second-order valence-electron chi connectivity index (χ2n) is 5.36. The number of carboxylic acids is 1. The lowest BCUT2D eigenvalue weighted by Gasteiger charge is -2.06. The molecular formula is C18H16N4O4S. The van der Waals surface area contributed by atoms with E-state index in [-0.39, 0.29) is 0 Å². The Morgan fingerprint density at radius 2 is 2.04 bits per heavy atom.